The van der Waals surface area contributed by atoms with Crippen LogP contribution in [-0.2, 0) is 14.5 Å². The van der Waals surface area contributed by atoms with Gasteiger partial charge in [-0.2, -0.15) is 0 Å². The summed E-state index contributed by atoms with van der Waals surface area (Å²) in [4.78, 5) is 40.6. The van der Waals surface area contributed by atoms with Gasteiger partial charge in [-0.25, -0.2) is 0 Å². The second kappa shape index (κ2) is 11.1. The van der Waals surface area contributed by atoms with Crippen LogP contribution in [0.4, 0.5) is 0 Å². The Morgan fingerprint density at radius 1 is 1.33 bits per heavy atom. The zero-order chi connectivity index (χ0) is 20.2. The van der Waals surface area contributed by atoms with E-state index in [-0.39, 0.29) is 30.9 Å². The van der Waals surface area contributed by atoms with Gasteiger partial charge in [0.05, 0.1) is 7.11 Å². The maximum atomic E-state index is 11.7. The second-order valence-corrected chi connectivity index (χ2v) is 5.17. The lowest BCUT2D eigenvalue weighted by molar-refractivity contribution is -0.790. The summed E-state index contributed by atoms with van der Waals surface area (Å²) in [5, 5.41) is 30.4. The zero-order valence-electron chi connectivity index (χ0n) is 14.4. The Labute approximate surface area is 153 Å². The van der Waals surface area contributed by atoms with E-state index in [0.29, 0.717) is 5.56 Å². The molecule has 0 heterocycles. The van der Waals surface area contributed by atoms with Crippen molar-refractivity contribution < 1.29 is 34.5 Å². The third-order valence-electron chi connectivity index (χ3n) is 3.23. The molecule has 0 saturated carbocycles. The molecule has 1 rings (SSSR count). The van der Waals surface area contributed by atoms with Crippen LogP contribution in [0.2, 0.25) is 0 Å². The highest BCUT2D eigenvalue weighted by Gasteiger charge is 2.15. The number of carbonyl (C=O) groups is 1. The molecule has 0 radical (unpaired) electrons. The molecular formula is C15H19N3O9. The van der Waals surface area contributed by atoms with Crippen LogP contribution in [0.1, 0.15) is 18.4 Å². The molecule has 2 N–H and O–H groups in total. The molecule has 0 aromatic heterocycles. The molecule has 0 spiro atoms. The van der Waals surface area contributed by atoms with E-state index < -0.39 is 28.8 Å². The number of rotatable bonds is 12. The molecule has 148 valence electrons. The molecule has 1 unspecified atom stereocenters. The summed E-state index contributed by atoms with van der Waals surface area (Å²) in [7, 11) is 1.40. The van der Waals surface area contributed by atoms with Gasteiger partial charge in [-0.15, -0.1) is 20.2 Å². The van der Waals surface area contributed by atoms with Crippen LogP contribution in [-0.4, -0.2) is 47.6 Å². The van der Waals surface area contributed by atoms with Gasteiger partial charge in [0.1, 0.15) is 12.7 Å². The lowest BCUT2D eigenvalue weighted by Gasteiger charge is -2.13. The van der Waals surface area contributed by atoms with E-state index in [1.54, 1.807) is 12.1 Å². The van der Waals surface area contributed by atoms with Gasteiger partial charge in [0.2, 0.25) is 5.91 Å². The average Bonchev–Trinajstić information content (AvgIpc) is 2.61. The third kappa shape index (κ3) is 8.90. The molecule has 1 amide bonds. The van der Waals surface area contributed by atoms with Crippen molar-refractivity contribution in [1.82, 2.24) is 5.32 Å². The van der Waals surface area contributed by atoms with Crippen molar-refractivity contribution in [3.05, 3.63) is 50.1 Å². The number of phenols is 1. The first-order valence-electron chi connectivity index (χ1n) is 7.73. The number of methoxy groups -OCH3 is 1. The van der Waals surface area contributed by atoms with E-state index in [9.17, 15) is 30.1 Å². The molecule has 12 heteroatoms. The van der Waals surface area contributed by atoms with Gasteiger partial charge in [0, 0.05) is 12.6 Å². The summed E-state index contributed by atoms with van der Waals surface area (Å²) in [5.41, 5.74) is 0.635. The molecule has 1 aromatic rings. The van der Waals surface area contributed by atoms with Gasteiger partial charge in [0.25, 0.3) is 10.2 Å². The van der Waals surface area contributed by atoms with Crippen LogP contribution in [0.5, 0.6) is 11.5 Å². The van der Waals surface area contributed by atoms with Gasteiger partial charge in [-0.1, -0.05) is 6.07 Å². The van der Waals surface area contributed by atoms with E-state index in [1.807, 2.05) is 0 Å². The highest BCUT2D eigenvalue weighted by Crippen LogP contribution is 2.26. The van der Waals surface area contributed by atoms with Crippen molar-refractivity contribution in [1.29, 1.82) is 0 Å². The lowest BCUT2D eigenvalue weighted by atomic mass is 10.2. The largest absolute Gasteiger partial charge is 0.504 e. The number of benzene rings is 1. The van der Waals surface area contributed by atoms with Crippen molar-refractivity contribution in [3.8, 4) is 11.5 Å². The number of nitrogens with zero attached hydrogens (tertiary/aromatic N) is 2. The molecule has 0 bridgehead atoms. The number of aromatic hydroxyl groups is 1. The molecule has 0 fully saturated rings. The van der Waals surface area contributed by atoms with E-state index in [0.717, 1.165) is 0 Å². The van der Waals surface area contributed by atoms with Gasteiger partial charge in [-0.3, -0.25) is 4.79 Å². The van der Waals surface area contributed by atoms with Crippen LogP contribution in [0, 0.1) is 20.2 Å². The lowest BCUT2D eigenvalue weighted by Crippen LogP contribution is -2.27. The molecule has 0 aliphatic heterocycles. The normalized spacial score (nSPS) is 11.6. The topological polar surface area (TPSA) is 163 Å². The van der Waals surface area contributed by atoms with Crippen LogP contribution in [0.3, 0.4) is 0 Å². The smallest absolute Gasteiger partial charge is 0.294 e. The number of hydrogen-bond donors (Lipinski definition) is 2. The first-order valence-corrected chi connectivity index (χ1v) is 7.73. The minimum atomic E-state index is -1.11. The van der Waals surface area contributed by atoms with E-state index >= 15 is 0 Å². The summed E-state index contributed by atoms with van der Waals surface area (Å²) in [6.45, 7) is -0.400. The quantitative estimate of drug-likeness (QED) is 0.232. The summed E-state index contributed by atoms with van der Waals surface area (Å²) in [5.74, 6) is -0.159. The Morgan fingerprint density at radius 2 is 2.07 bits per heavy atom. The Bertz CT molecular complexity index is 693. The molecule has 0 aliphatic carbocycles. The van der Waals surface area contributed by atoms with Gasteiger partial charge < -0.3 is 24.8 Å². The summed E-state index contributed by atoms with van der Waals surface area (Å²) >= 11 is 0. The summed E-state index contributed by atoms with van der Waals surface area (Å²) < 4.78 is 4.96. The fourth-order valence-corrected chi connectivity index (χ4v) is 2.00. The molecule has 12 nitrogen and oxygen atoms in total. The monoisotopic (exact) mass is 385 g/mol. The van der Waals surface area contributed by atoms with Gasteiger partial charge in [0.15, 0.2) is 11.5 Å². The average molecular weight is 385 g/mol. The Kier molecular flexibility index (Phi) is 8.85. The Morgan fingerprint density at radius 3 is 2.70 bits per heavy atom. The predicted molar refractivity (Wildman–Crippen MR) is 90.8 cm³/mol. The van der Waals surface area contributed by atoms with Crippen molar-refractivity contribution >= 4 is 12.0 Å². The van der Waals surface area contributed by atoms with E-state index in [2.05, 4.69) is 15.0 Å². The Hall–Kier alpha value is -3.57. The van der Waals surface area contributed by atoms with Crippen LogP contribution >= 0.6 is 0 Å². The molecule has 27 heavy (non-hydrogen) atoms. The Balaban J connectivity index is 2.40. The van der Waals surface area contributed by atoms with Crippen LogP contribution < -0.4 is 10.1 Å². The molecular weight excluding hydrogens is 366 g/mol. The number of nitrogens with one attached hydrogen (secondary N) is 1. The summed E-state index contributed by atoms with van der Waals surface area (Å²) in [6, 6.07) is 4.57. The zero-order valence-corrected chi connectivity index (χ0v) is 14.4. The van der Waals surface area contributed by atoms with Gasteiger partial charge in [-0.05, 0) is 36.6 Å². The highest BCUT2D eigenvalue weighted by atomic mass is 17.0. The van der Waals surface area contributed by atoms with Crippen molar-refractivity contribution in [2.45, 2.75) is 18.9 Å². The predicted octanol–water partition coefficient (Wildman–Crippen LogP) is 1.10. The maximum absolute atomic E-state index is 11.7. The van der Waals surface area contributed by atoms with Crippen LogP contribution in [0.15, 0.2) is 24.3 Å². The number of hydrogen-bond acceptors (Lipinski definition) is 9. The fourth-order valence-electron chi connectivity index (χ4n) is 2.00. The number of ether oxygens (including phenoxy) is 1. The molecule has 1 atom stereocenters. The molecule has 1 aromatic carbocycles. The highest BCUT2D eigenvalue weighted by molar-refractivity contribution is 5.91. The van der Waals surface area contributed by atoms with E-state index in [4.69, 9.17) is 4.74 Å². The van der Waals surface area contributed by atoms with Crippen LogP contribution in [0.25, 0.3) is 6.08 Å². The fraction of sp³-hybridized carbons (Fsp3) is 0.400. The van der Waals surface area contributed by atoms with Crippen molar-refractivity contribution in [2.75, 3.05) is 20.3 Å². The number of amides is 1. The van der Waals surface area contributed by atoms with E-state index in [1.165, 1.54) is 25.3 Å². The standard InChI is InChI=1S/C15H19N3O9/c1-25-14-9-11(4-6-13(14)19)5-7-15(20)16-8-2-3-12(27-18(23)24)10-26-17(21)22/h4-7,9,12,19H,2-3,8,10H2,1H3,(H,16,20)/b7-5+. The first kappa shape index (κ1) is 21.5. The SMILES string of the molecule is COc1cc(/C=C/C(=O)NCCCC(CO[N+](=O)[O-])O[N+](=O)[O-])ccc1O. The summed E-state index contributed by atoms with van der Waals surface area (Å²) in [6.07, 6.45) is 2.04. The first-order chi connectivity index (χ1) is 12.8. The molecule has 0 aliphatic rings. The number of carbonyl (C=O) groups excluding carboxylic acids is 1. The second-order valence-electron chi connectivity index (χ2n) is 5.17. The molecule has 0 saturated heterocycles. The van der Waals surface area contributed by atoms with Crippen molar-refractivity contribution in [3.63, 3.8) is 0 Å². The van der Waals surface area contributed by atoms with Crippen molar-refractivity contribution in [2.24, 2.45) is 0 Å². The number of phenolic OH excluding ortho intramolecular Hbond substituents is 1. The minimum absolute atomic E-state index is 0.0216. The third-order valence-corrected chi connectivity index (χ3v) is 3.23. The maximum Gasteiger partial charge on any atom is 0.294 e. The van der Waals surface area contributed by atoms with Gasteiger partial charge >= 0.3 is 0 Å². The minimum Gasteiger partial charge on any atom is -0.504 e.